The number of Topliss-reactive ketones (excluding diaryl/α,β-unsaturated/α-hetero) is 1. The summed E-state index contributed by atoms with van der Waals surface area (Å²) in [5, 5.41) is 0. The molecule has 1 heterocycles. The fourth-order valence-electron chi connectivity index (χ4n) is 7.94. The second kappa shape index (κ2) is 11.7. The van der Waals surface area contributed by atoms with Crippen molar-refractivity contribution in [2.45, 2.75) is 94.6 Å². The highest BCUT2D eigenvalue weighted by molar-refractivity contribution is 5.82. The van der Waals surface area contributed by atoms with Crippen molar-refractivity contribution in [3.63, 3.8) is 0 Å². The zero-order valence-electron chi connectivity index (χ0n) is 23.0. The number of ketones is 1. The van der Waals surface area contributed by atoms with Gasteiger partial charge in [-0.15, -0.1) is 0 Å². The number of carbonyl (C=O) groups excluding carboxylic acids is 1. The van der Waals surface area contributed by atoms with Crippen molar-refractivity contribution in [3.05, 3.63) is 65.2 Å². The van der Waals surface area contributed by atoms with Gasteiger partial charge in [-0.3, -0.25) is 4.79 Å². The maximum Gasteiger partial charge on any atom is 0.134 e. The van der Waals surface area contributed by atoms with Gasteiger partial charge in [-0.1, -0.05) is 55.8 Å². The summed E-state index contributed by atoms with van der Waals surface area (Å²) >= 11 is 0. The average molecular weight is 538 g/mol. The zero-order valence-corrected chi connectivity index (χ0v) is 23.7. The second-order valence-corrected chi connectivity index (χ2v) is 12.2. The monoisotopic (exact) mass is 537 g/mol. The van der Waals surface area contributed by atoms with E-state index >= 15 is 0 Å². The number of ether oxygens (including phenoxy) is 2. The van der Waals surface area contributed by atoms with E-state index in [0.717, 1.165) is 76.4 Å². The number of carbonyl (C=O) groups is 1. The number of hydrogen-bond donors (Lipinski definition) is 1. The Hall–Kier alpha value is -1.88. The molecule has 4 nitrogen and oxygen atoms in total. The van der Waals surface area contributed by atoms with E-state index < -0.39 is 0 Å². The van der Waals surface area contributed by atoms with Crippen LogP contribution in [0.15, 0.2) is 48.5 Å². The van der Waals surface area contributed by atoms with Gasteiger partial charge in [-0.2, -0.15) is 0 Å². The number of quaternary nitrogens is 1. The maximum atomic E-state index is 13.2. The van der Waals surface area contributed by atoms with Crippen LogP contribution >= 0.6 is 0 Å². The van der Waals surface area contributed by atoms with Gasteiger partial charge >= 0.3 is 0 Å². The van der Waals surface area contributed by atoms with E-state index in [2.05, 4.69) is 55.5 Å². The van der Waals surface area contributed by atoms with Crippen LogP contribution in [0.2, 0.25) is 0 Å². The summed E-state index contributed by atoms with van der Waals surface area (Å²) in [4.78, 5) is 15.0. The lowest BCUT2D eigenvalue weighted by molar-refractivity contribution is -0.944. The van der Waals surface area contributed by atoms with Gasteiger partial charge in [0, 0.05) is 49.2 Å². The first-order valence-electron chi connectivity index (χ1n) is 14.9. The van der Waals surface area contributed by atoms with Gasteiger partial charge in [0.2, 0.25) is 0 Å². The Labute approximate surface area is 234 Å². The number of rotatable bonds is 11. The van der Waals surface area contributed by atoms with Crippen molar-refractivity contribution in [2.75, 3.05) is 26.3 Å². The Morgan fingerprint density at radius 3 is 2.63 bits per heavy atom. The summed E-state index contributed by atoms with van der Waals surface area (Å²) in [6.07, 6.45) is 11.2. The average Bonchev–Trinajstić information content (AvgIpc) is 3.73. The molecule has 0 radical (unpaired) electrons. The van der Waals surface area contributed by atoms with Crippen LogP contribution in [-0.2, 0) is 27.8 Å². The molecule has 0 spiro atoms. The molecule has 1 N–H and O–H groups in total. The predicted molar refractivity (Wildman–Crippen MR) is 146 cm³/mol. The molecule has 4 aliphatic rings. The van der Waals surface area contributed by atoms with E-state index in [4.69, 9.17) is 9.47 Å². The Balaban J connectivity index is 0.00000294. The highest BCUT2D eigenvalue weighted by Crippen LogP contribution is 2.58. The molecule has 4 atom stereocenters. The third-order valence-corrected chi connectivity index (χ3v) is 9.84. The van der Waals surface area contributed by atoms with Crippen LogP contribution in [0.3, 0.4) is 0 Å². The second-order valence-electron chi connectivity index (χ2n) is 12.2. The lowest BCUT2D eigenvalue weighted by Gasteiger charge is -2.63. The third kappa shape index (κ3) is 5.05. The molecule has 1 saturated heterocycles. The van der Waals surface area contributed by atoms with Crippen molar-refractivity contribution in [1.82, 2.24) is 0 Å². The normalized spacial score (nSPS) is 29.7. The summed E-state index contributed by atoms with van der Waals surface area (Å²) in [7, 11) is 0. The minimum atomic E-state index is -0.280. The standard InChI is InChI=1S/C33H43NO3.ClH/c1-2-3-20-36-29-13-7-12-27-22-30-33(37-21-8-11-25-9-5-4-6-10-25)17-16-28(35)23-32(33,31(27)29)18-19-34(30)24-26-14-15-26;/h4-7,9-10,12-13,26,30H,2-3,8,11,14-24H2,1H3;1H/t30?,32-,33-;/m1./s1. The minimum absolute atomic E-state index is 0. The molecule has 3 aliphatic carbocycles. The number of piperidine rings is 1. The first kappa shape index (κ1) is 27.7. The van der Waals surface area contributed by atoms with Gasteiger partial charge in [0.05, 0.1) is 19.7 Å². The quantitative estimate of drug-likeness (QED) is 0.445. The van der Waals surface area contributed by atoms with Gasteiger partial charge in [-0.05, 0) is 55.7 Å². The van der Waals surface area contributed by atoms with Gasteiger partial charge in [-0.25, -0.2) is 0 Å². The maximum absolute atomic E-state index is 13.2. The van der Waals surface area contributed by atoms with Crippen molar-refractivity contribution < 1.29 is 31.6 Å². The summed E-state index contributed by atoms with van der Waals surface area (Å²) in [5.41, 5.74) is 3.56. The van der Waals surface area contributed by atoms with Crippen LogP contribution in [-0.4, -0.2) is 43.7 Å². The number of hydrogen-bond acceptors (Lipinski definition) is 3. The Kier molecular flexibility index (Phi) is 8.52. The van der Waals surface area contributed by atoms with E-state index in [1.165, 1.54) is 36.1 Å². The van der Waals surface area contributed by atoms with E-state index in [1.807, 2.05) is 0 Å². The van der Waals surface area contributed by atoms with E-state index in [1.54, 1.807) is 4.90 Å². The lowest BCUT2D eigenvalue weighted by Crippen LogP contribution is -3.21. The van der Waals surface area contributed by atoms with Crippen molar-refractivity contribution >= 4 is 5.78 Å². The minimum Gasteiger partial charge on any atom is -1.00 e. The third-order valence-electron chi connectivity index (χ3n) is 9.84. The van der Waals surface area contributed by atoms with Crippen molar-refractivity contribution in [3.8, 4) is 5.75 Å². The molecule has 1 aliphatic heterocycles. The number of unbranched alkanes of at least 4 members (excludes halogenated alkanes) is 1. The van der Waals surface area contributed by atoms with Gasteiger partial charge in [0.25, 0.3) is 0 Å². The number of likely N-dealkylation sites (tertiary alicyclic amines) is 1. The molecule has 3 fully saturated rings. The van der Waals surface area contributed by atoms with Crippen LogP contribution in [0.5, 0.6) is 5.75 Å². The first-order chi connectivity index (χ1) is 18.1. The fourth-order valence-corrected chi connectivity index (χ4v) is 7.94. The number of aryl methyl sites for hydroxylation is 1. The van der Waals surface area contributed by atoms with Gasteiger partial charge in [0.1, 0.15) is 23.2 Å². The molecule has 0 amide bonds. The van der Waals surface area contributed by atoms with Crippen molar-refractivity contribution in [1.29, 1.82) is 0 Å². The largest absolute Gasteiger partial charge is 1.00 e. The smallest absolute Gasteiger partial charge is 0.134 e. The van der Waals surface area contributed by atoms with Crippen molar-refractivity contribution in [2.24, 2.45) is 5.92 Å². The molecule has 2 aromatic rings. The Bertz CT molecular complexity index is 1100. The fraction of sp³-hybridized carbons (Fsp3) is 0.606. The molecule has 2 saturated carbocycles. The lowest BCUT2D eigenvalue weighted by atomic mass is 9.49. The van der Waals surface area contributed by atoms with Gasteiger partial charge in [0.15, 0.2) is 0 Å². The number of halogens is 1. The summed E-state index contributed by atoms with van der Waals surface area (Å²) in [6.45, 7) is 6.12. The van der Waals surface area contributed by atoms with Crippen LogP contribution in [0.4, 0.5) is 0 Å². The molecule has 6 rings (SSSR count). The molecule has 206 valence electrons. The molecule has 5 heteroatoms. The summed E-state index contributed by atoms with van der Waals surface area (Å²) < 4.78 is 13.7. The molecule has 2 unspecified atom stereocenters. The van der Waals surface area contributed by atoms with E-state index in [9.17, 15) is 4.79 Å². The Morgan fingerprint density at radius 1 is 1.00 bits per heavy atom. The molecule has 2 bridgehead atoms. The van der Waals surface area contributed by atoms with Crippen LogP contribution in [0, 0.1) is 5.92 Å². The molecular weight excluding hydrogens is 494 g/mol. The van der Waals surface area contributed by atoms with Crippen LogP contribution in [0.25, 0.3) is 0 Å². The van der Waals surface area contributed by atoms with E-state index in [-0.39, 0.29) is 23.4 Å². The van der Waals surface area contributed by atoms with E-state index in [0.29, 0.717) is 24.7 Å². The summed E-state index contributed by atoms with van der Waals surface area (Å²) in [6, 6.07) is 17.8. The SMILES string of the molecule is CCCCOc1cccc2c1[C@]13CC[NH+](CC4CC4)C(C2)[C@]1(OCCCc1ccccc1)CCC(=O)C3.[Cl-]. The van der Waals surface area contributed by atoms with Crippen LogP contribution < -0.4 is 22.0 Å². The van der Waals surface area contributed by atoms with Crippen LogP contribution in [0.1, 0.15) is 81.4 Å². The number of fused-ring (bicyclic) bond motifs is 1. The highest BCUT2D eigenvalue weighted by Gasteiger charge is 2.69. The topological polar surface area (TPSA) is 40.0 Å². The molecule has 2 aromatic carbocycles. The first-order valence-corrected chi connectivity index (χ1v) is 14.9. The molecule has 38 heavy (non-hydrogen) atoms. The predicted octanol–water partition coefficient (Wildman–Crippen LogP) is 1.87. The molecular formula is C33H44ClNO3. The number of benzene rings is 2. The number of nitrogens with one attached hydrogen (secondary N) is 1. The van der Waals surface area contributed by atoms with Gasteiger partial charge < -0.3 is 26.8 Å². The molecule has 0 aromatic heterocycles. The summed E-state index contributed by atoms with van der Waals surface area (Å²) in [5.74, 6) is 2.30. The highest BCUT2D eigenvalue weighted by atomic mass is 35.5. The Morgan fingerprint density at radius 2 is 1.84 bits per heavy atom. The zero-order chi connectivity index (χ0) is 25.3.